The van der Waals surface area contributed by atoms with Crippen LogP contribution in [-0.2, 0) is 11.3 Å². The Morgan fingerprint density at radius 3 is 2.89 bits per heavy atom. The predicted molar refractivity (Wildman–Crippen MR) is 71.1 cm³/mol. The van der Waals surface area contributed by atoms with E-state index < -0.39 is 0 Å². The van der Waals surface area contributed by atoms with Crippen molar-refractivity contribution >= 4 is 18.3 Å². The van der Waals surface area contributed by atoms with E-state index in [-0.39, 0.29) is 30.7 Å². The Bertz CT molecular complexity index is 394. The number of halogens is 2. The Balaban J connectivity index is 0.00000162. The van der Waals surface area contributed by atoms with Crippen LogP contribution < -0.4 is 10.6 Å². The van der Waals surface area contributed by atoms with Gasteiger partial charge < -0.3 is 10.6 Å². The van der Waals surface area contributed by atoms with Gasteiger partial charge in [0, 0.05) is 18.5 Å². The molecule has 2 N–H and O–H groups in total. The molecule has 1 aliphatic heterocycles. The van der Waals surface area contributed by atoms with Gasteiger partial charge in [-0.3, -0.25) is 4.79 Å². The summed E-state index contributed by atoms with van der Waals surface area (Å²) in [6.45, 7) is 2.17. The molecule has 0 spiro atoms. The van der Waals surface area contributed by atoms with Crippen LogP contribution in [0.2, 0.25) is 0 Å². The highest BCUT2D eigenvalue weighted by Crippen LogP contribution is 2.12. The third kappa shape index (κ3) is 4.27. The van der Waals surface area contributed by atoms with E-state index in [9.17, 15) is 9.18 Å². The van der Waals surface area contributed by atoms with Crippen molar-refractivity contribution in [3.05, 3.63) is 35.6 Å². The quantitative estimate of drug-likeness (QED) is 0.879. The molecule has 100 valence electrons. The van der Waals surface area contributed by atoms with Crippen LogP contribution >= 0.6 is 12.4 Å². The highest BCUT2D eigenvalue weighted by atomic mass is 35.5. The lowest BCUT2D eigenvalue weighted by Crippen LogP contribution is -2.26. The zero-order valence-electron chi connectivity index (χ0n) is 10.1. The summed E-state index contributed by atoms with van der Waals surface area (Å²) in [5.74, 6) is 0.160. The normalized spacial score (nSPS) is 18.2. The van der Waals surface area contributed by atoms with Crippen molar-refractivity contribution in [2.24, 2.45) is 5.92 Å². The smallest absolute Gasteiger partial charge is 0.220 e. The van der Waals surface area contributed by atoms with Gasteiger partial charge >= 0.3 is 0 Å². The zero-order chi connectivity index (χ0) is 12.1. The SMILES string of the molecule is Cl.O=C(CC1CCNC1)NCc1ccccc1F. The highest BCUT2D eigenvalue weighted by molar-refractivity contribution is 5.85. The summed E-state index contributed by atoms with van der Waals surface area (Å²) >= 11 is 0. The fourth-order valence-corrected chi connectivity index (χ4v) is 2.06. The molecule has 0 aromatic heterocycles. The standard InChI is InChI=1S/C13H17FN2O.ClH/c14-12-4-2-1-3-11(12)9-16-13(17)7-10-5-6-15-8-10;/h1-4,10,15H,5-9H2,(H,16,17);1H. The minimum absolute atomic E-state index is 0. The average Bonchev–Trinajstić information content (AvgIpc) is 2.81. The first-order chi connectivity index (χ1) is 8.25. The van der Waals surface area contributed by atoms with E-state index in [0.717, 1.165) is 19.5 Å². The lowest BCUT2D eigenvalue weighted by Gasteiger charge is -2.09. The van der Waals surface area contributed by atoms with Crippen molar-refractivity contribution in [3.8, 4) is 0 Å². The van der Waals surface area contributed by atoms with E-state index in [1.807, 2.05) is 0 Å². The lowest BCUT2D eigenvalue weighted by molar-refractivity contribution is -0.122. The number of nitrogens with one attached hydrogen (secondary N) is 2. The number of amides is 1. The summed E-state index contributed by atoms with van der Waals surface area (Å²) in [7, 11) is 0. The molecule has 5 heteroatoms. The predicted octanol–water partition coefficient (Wildman–Crippen LogP) is 1.86. The molecule has 1 heterocycles. The maximum Gasteiger partial charge on any atom is 0.220 e. The number of benzene rings is 1. The number of rotatable bonds is 4. The number of carbonyl (C=O) groups excluding carboxylic acids is 1. The van der Waals surface area contributed by atoms with Gasteiger partial charge in [-0.2, -0.15) is 0 Å². The first-order valence-corrected chi connectivity index (χ1v) is 5.96. The Morgan fingerprint density at radius 1 is 1.44 bits per heavy atom. The number of hydrogen-bond acceptors (Lipinski definition) is 2. The molecule has 1 atom stereocenters. The third-order valence-corrected chi connectivity index (χ3v) is 3.07. The first kappa shape index (κ1) is 14.9. The molecule has 1 fully saturated rings. The van der Waals surface area contributed by atoms with Crippen LogP contribution in [-0.4, -0.2) is 19.0 Å². The van der Waals surface area contributed by atoms with Gasteiger partial charge in [-0.05, 0) is 31.5 Å². The first-order valence-electron chi connectivity index (χ1n) is 5.96. The molecule has 18 heavy (non-hydrogen) atoms. The van der Waals surface area contributed by atoms with E-state index in [1.165, 1.54) is 6.07 Å². The van der Waals surface area contributed by atoms with Gasteiger partial charge in [0.05, 0.1) is 0 Å². The van der Waals surface area contributed by atoms with Crippen molar-refractivity contribution in [2.45, 2.75) is 19.4 Å². The van der Waals surface area contributed by atoms with Crippen LogP contribution in [0, 0.1) is 11.7 Å². The van der Waals surface area contributed by atoms with Crippen LogP contribution in [0.4, 0.5) is 4.39 Å². The van der Waals surface area contributed by atoms with Gasteiger partial charge in [-0.1, -0.05) is 18.2 Å². The summed E-state index contributed by atoms with van der Waals surface area (Å²) < 4.78 is 13.3. The summed E-state index contributed by atoms with van der Waals surface area (Å²) in [5.41, 5.74) is 0.533. The third-order valence-electron chi connectivity index (χ3n) is 3.07. The van der Waals surface area contributed by atoms with Crippen molar-refractivity contribution in [1.82, 2.24) is 10.6 Å². The van der Waals surface area contributed by atoms with Crippen LogP contribution in [0.25, 0.3) is 0 Å². The van der Waals surface area contributed by atoms with E-state index >= 15 is 0 Å². The second-order valence-electron chi connectivity index (χ2n) is 4.43. The van der Waals surface area contributed by atoms with Gasteiger partial charge in [-0.25, -0.2) is 4.39 Å². The van der Waals surface area contributed by atoms with Crippen LogP contribution in [0.5, 0.6) is 0 Å². The Kier molecular flexibility index (Phi) is 6.09. The van der Waals surface area contributed by atoms with Gasteiger partial charge in [0.15, 0.2) is 0 Å². The number of carbonyl (C=O) groups is 1. The molecule has 0 saturated carbocycles. The summed E-state index contributed by atoms with van der Waals surface area (Å²) in [4.78, 5) is 11.6. The minimum atomic E-state index is -0.268. The molecule has 1 saturated heterocycles. The fraction of sp³-hybridized carbons (Fsp3) is 0.462. The molecule has 3 nitrogen and oxygen atoms in total. The van der Waals surface area contributed by atoms with Crippen LogP contribution in [0.1, 0.15) is 18.4 Å². The van der Waals surface area contributed by atoms with Crippen molar-refractivity contribution in [1.29, 1.82) is 0 Å². The van der Waals surface area contributed by atoms with Crippen molar-refractivity contribution in [2.75, 3.05) is 13.1 Å². The Labute approximate surface area is 113 Å². The van der Waals surface area contributed by atoms with E-state index in [4.69, 9.17) is 0 Å². The topological polar surface area (TPSA) is 41.1 Å². The van der Waals surface area contributed by atoms with E-state index in [2.05, 4.69) is 10.6 Å². The van der Waals surface area contributed by atoms with Gasteiger partial charge in [0.2, 0.25) is 5.91 Å². The molecule has 1 unspecified atom stereocenters. The maximum atomic E-state index is 13.3. The minimum Gasteiger partial charge on any atom is -0.352 e. The molecule has 0 aliphatic carbocycles. The Hall–Kier alpha value is -1.13. The van der Waals surface area contributed by atoms with Crippen LogP contribution in [0.15, 0.2) is 24.3 Å². The molecule has 0 radical (unpaired) electrons. The highest BCUT2D eigenvalue weighted by Gasteiger charge is 2.17. The molecular weight excluding hydrogens is 255 g/mol. The molecule has 1 amide bonds. The van der Waals surface area contributed by atoms with Crippen LogP contribution in [0.3, 0.4) is 0 Å². The molecule has 0 bridgehead atoms. The van der Waals surface area contributed by atoms with Gasteiger partial charge in [0.1, 0.15) is 5.82 Å². The average molecular weight is 273 g/mol. The zero-order valence-corrected chi connectivity index (χ0v) is 10.9. The maximum absolute atomic E-state index is 13.3. The lowest BCUT2D eigenvalue weighted by atomic mass is 10.0. The Morgan fingerprint density at radius 2 is 2.22 bits per heavy atom. The van der Waals surface area contributed by atoms with Crippen molar-refractivity contribution in [3.63, 3.8) is 0 Å². The molecule has 2 rings (SSSR count). The summed E-state index contributed by atoms with van der Waals surface area (Å²) in [6.07, 6.45) is 1.58. The fourth-order valence-electron chi connectivity index (χ4n) is 2.06. The number of hydrogen-bond donors (Lipinski definition) is 2. The molecule has 1 aromatic carbocycles. The summed E-state index contributed by atoms with van der Waals surface area (Å²) in [6, 6.07) is 6.51. The molecule has 1 aromatic rings. The monoisotopic (exact) mass is 272 g/mol. The largest absolute Gasteiger partial charge is 0.352 e. The van der Waals surface area contributed by atoms with Crippen molar-refractivity contribution < 1.29 is 9.18 Å². The molecule has 1 aliphatic rings. The molecular formula is C13H18ClFN2O. The van der Waals surface area contributed by atoms with E-state index in [1.54, 1.807) is 18.2 Å². The van der Waals surface area contributed by atoms with Gasteiger partial charge in [-0.15, -0.1) is 12.4 Å². The summed E-state index contributed by atoms with van der Waals surface area (Å²) in [5, 5.41) is 5.98. The second-order valence-corrected chi connectivity index (χ2v) is 4.43. The van der Waals surface area contributed by atoms with Gasteiger partial charge in [0.25, 0.3) is 0 Å². The second kappa shape index (κ2) is 7.34. The van der Waals surface area contributed by atoms with E-state index in [0.29, 0.717) is 17.9 Å².